The summed E-state index contributed by atoms with van der Waals surface area (Å²) in [7, 11) is 0. The Morgan fingerprint density at radius 3 is 2.50 bits per heavy atom. The lowest BCUT2D eigenvalue weighted by molar-refractivity contribution is 0.818. The van der Waals surface area contributed by atoms with Crippen LogP contribution in [0, 0.1) is 13.8 Å². The fourth-order valence-electron chi connectivity index (χ4n) is 2.02. The molecule has 5 heteroatoms. The van der Waals surface area contributed by atoms with Gasteiger partial charge in [0.15, 0.2) is 5.82 Å². The molecule has 0 unspecified atom stereocenters. The first-order valence-electron chi connectivity index (χ1n) is 6.26. The standard InChI is InChI=1S/C15H13ClN4/c1-10-14(16)18-11(2)19-15(10)20-9-13(8-17-20)12-6-4-3-5-7-12/h3-9H,1-2H3. The van der Waals surface area contributed by atoms with Crippen molar-refractivity contribution in [1.29, 1.82) is 0 Å². The average Bonchev–Trinajstić information content (AvgIpc) is 2.93. The van der Waals surface area contributed by atoms with E-state index in [0.29, 0.717) is 16.8 Å². The van der Waals surface area contributed by atoms with E-state index in [4.69, 9.17) is 11.6 Å². The van der Waals surface area contributed by atoms with Crippen LogP contribution in [0.4, 0.5) is 0 Å². The molecule has 1 aromatic carbocycles. The van der Waals surface area contributed by atoms with E-state index in [0.717, 1.165) is 16.7 Å². The van der Waals surface area contributed by atoms with E-state index in [1.807, 2.05) is 56.6 Å². The topological polar surface area (TPSA) is 43.6 Å². The van der Waals surface area contributed by atoms with Crippen molar-refractivity contribution in [2.24, 2.45) is 0 Å². The van der Waals surface area contributed by atoms with Gasteiger partial charge in [-0.3, -0.25) is 0 Å². The normalized spacial score (nSPS) is 10.8. The first kappa shape index (κ1) is 12.8. The van der Waals surface area contributed by atoms with E-state index in [-0.39, 0.29) is 0 Å². The maximum atomic E-state index is 6.10. The van der Waals surface area contributed by atoms with E-state index in [1.165, 1.54) is 0 Å². The zero-order chi connectivity index (χ0) is 14.1. The predicted octanol–water partition coefficient (Wildman–Crippen LogP) is 3.60. The molecule has 2 aromatic heterocycles. The van der Waals surface area contributed by atoms with Crippen LogP contribution in [-0.4, -0.2) is 19.7 Å². The number of nitrogens with zero attached hydrogens (tertiary/aromatic N) is 4. The molecule has 20 heavy (non-hydrogen) atoms. The van der Waals surface area contributed by atoms with Crippen molar-refractivity contribution in [1.82, 2.24) is 19.7 Å². The summed E-state index contributed by atoms with van der Waals surface area (Å²) >= 11 is 6.10. The second-order valence-electron chi connectivity index (χ2n) is 4.55. The predicted molar refractivity (Wildman–Crippen MR) is 79.1 cm³/mol. The highest BCUT2D eigenvalue weighted by Gasteiger charge is 2.11. The van der Waals surface area contributed by atoms with E-state index in [9.17, 15) is 0 Å². The highest BCUT2D eigenvalue weighted by molar-refractivity contribution is 6.30. The molecule has 2 heterocycles. The van der Waals surface area contributed by atoms with Gasteiger partial charge in [0.1, 0.15) is 11.0 Å². The second-order valence-corrected chi connectivity index (χ2v) is 4.91. The number of hydrogen-bond acceptors (Lipinski definition) is 3. The Bertz CT molecular complexity index is 750. The number of aryl methyl sites for hydroxylation is 1. The van der Waals surface area contributed by atoms with Crippen molar-refractivity contribution >= 4 is 11.6 Å². The fourth-order valence-corrected chi connectivity index (χ4v) is 2.23. The Hall–Kier alpha value is -2.20. The number of benzene rings is 1. The summed E-state index contributed by atoms with van der Waals surface area (Å²) in [6.45, 7) is 3.71. The minimum atomic E-state index is 0.462. The van der Waals surface area contributed by atoms with Crippen molar-refractivity contribution in [3.8, 4) is 16.9 Å². The Morgan fingerprint density at radius 2 is 1.75 bits per heavy atom. The molecule has 0 saturated carbocycles. The zero-order valence-electron chi connectivity index (χ0n) is 11.2. The molecule has 0 amide bonds. The second kappa shape index (κ2) is 5.06. The van der Waals surface area contributed by atoms with Crippen LogP contribution in [0.15, 0.2) is 42.7 Å². The molecule has 0 aliphatic carbocycles. The minimum absolute atomic E-state index is 0.462. The van der Waals surface area contributed by atoms with Crippen molar-refractivity contribution in [3.05, 3.63) is 59.3 Å². The highest BCUT2D eigenvalue weighted by atomic mass is 35.5. The summed E-state index contributed by atoms with van der Waals surface area (Å²) in [4.78, 5) is 8.55. The van der Waals surface area contributed by atoms with Crippen molar-refractivity contribution in [3.63, 3.8) is 0 Å². The van der Waals surface area contributed by atoms with Crippen molar-refractivity contribution in [2.45, 2.75) is 13.8 Å². The van der Waals surface area contributed by atoms with Crippen LogP contribution >= 0.6 is 11.6 Å². The molecule has 0 N–H and O–H groups in total. The van der Waals surface area contributed by atoms with Gasteiger partial charge in [0.05, 0.1) is 6.20 Å². The van der Waals surface area contributed by atoms with E-state index in [2.05, 4.69) is 15.1 Å². The summed E-state index contributed by atoms with van der Waals surface area (Å²) in [5.41, 5.74) is 2.98. The van der Waals surface area contributed by atoms with Gasteiger partial charge in [-0.05, 0) is 19.4 Å². The zero-order valence-corrected chi connectivity index (χ0v) is 12.0. The first-order chi connectivity index (χ1) is 9.65. The molecule has 0 atom stereocenters. The molecule has 0 aliphatic rings. The number of hydrogen-bond donors (Lipinski definition) is 0. The molecule has 100 valence electrons. The van der Waals surface area contributed by atoms with Gasteiger partial charge in [0.25, 0.3) is 0 Å². The molecule has 0 saturated heterocycles. The largest absolute Gasteiger partial charge is 0.222 e. The summed E-state index contributed by atoms with van der Waals surface area (Å²) in [5, 5.41) is 4.84. The molecule has 0 aliphatic heterocycles. The molecule has 4 nitrogen and oxygen atoms in total. The lowest BCUT2D eigenvalue weighted by Gasteiger charge is -2.06. The van der Waals surface area contributed by atoms with E-state index in [1.54, 1.807) is 4.68 Å². The van der Waals surface area contributed by atoms with Gasteiger partial charge >= 0.3 is 0 Å². The summed E-state index contributed by atoms with van der Waals surface area (Å²) in [5.74, 6) is 1.34. The lowest BCUT2D eigenvalue weighted by Crippen LogP contribution is -2.04. The fraction of sp³-hybridized carbons (Fsp3) is 0.133. The van der Waals surface area contributed by atoms with Gasteiger partial charge in [-0.15, -0.1) is 0 Å². The Labute approximate surface area is 122 Å². The Balaban J connectivity index is 2.07. The molecule has 0 bridgehead atoms. The van der Waals surface area contributed by atoms with Crippen LogP contribution in [0.25, 0.3) is 16.9 Å². The van der Waals surface area contributed by atoms with E-state index < -0.39 is 0 Å². The van der Waals surface area contributed by atoms with Crippen LogP contribution < -0.4 is 0 Å². The smallest absolute Gasteiger partial charge is 0.161 e. The SMILES string of the molecule is Cc1nc(Cl)c(C)c(-n2cc(-c3ccccc3)cn2)n1. The maximum Gasteiger partial charge on any atom is 0.161 e. The van der Waals surface area contributed by atoms with E-state index >= 15 is 0 Å². The third-order valence-electron chi connectivity index (χ3n) is 3.08. The number of aromatic nitrogens is 4. The van der Waals surface area contributed by atoms with Crippen LogP contribution in [0.5, 0.6) is 0 Å². The Morgan fingerprint density at radius 1 is 1.00 bits per heavy atom. The highest BCUT2D eigenvalue weighted by Crippen LogP contribution is 2.22. The van der Waals surface area contributed by atoms with Gasteiger partial charge in [-0.1, -0.05) is 41.9 Å². The Kier molecular flexibility index (Phi) is 3.24. The van der Waals surface area contributed by atoms with Gasteiger partial charge in [0.2, 0.25) is 0 Å². The molecule has 0 radical (unpaired) electrons. The third kappa shape index (κ3) is 2.30. The van der Waals surface area contributed by atoms with Crippen LogP contribution in [-0.2, 0) is 0 Å². The average molecular weight is 285 g/mol. The third-order valence-corrected chi connectivity index (χ3v) is 3.45. The van der Waals surface area contributed by atoms with Crippen LogP contribution in [0.2, 0.25) is 5.15 Å². The maximum absolute atomic E-state index is 6.10. The summed E-state index contributed by atoms with van der Waals surface area (Å²) < 4.78 is 1.73. The quantitative estimate of drug-likeness (QED) is 0.675. The van der Waals surface area contributed by atoms with Crippen molar-refractivity contribution < 1.29 is 0 Å². The molecule has 3 rings (SSSR count). The van der Waals surface area contributed by atoms with Crippen LogP contribution in [0.3, 0.4) is 0 Å². The molecule has 3 aromatic rings. The molecular weight excluding hydrogens is 272 g/mol. The number of halogens is 1. The minimum Gasteiger partial charge on any atom is -0.222 e. The van der Waals surface area contributed by atoms with Gasteiger partial charge in [-0.2, -0.15) is 5.10 Å². The summed E-state index contributed by atoms with van der Waals surface area (Å²) in [6.07, 6.45) is 3.76. The molecule has 0 fully saturated rings. The molecule has 0 spiro atoms. The monoisotopic (exact) mass is 284 g/mol. The van der Waals surface area contributed by atoms with Gasteiger partial charge in [0, 0.05) is 17.3 Å². The van der Waals surface area contributed by atoms with Crippen molar-refractivity contribution in [2.75, 3.05) is 0 Å². The van der Waals surface area contributed by atoms with Gasteiger partial charge in [-0.25, -0.2) is 14.6 Å². The summed E-state index contributed by atoms with van der Waals surface area (Å²) in [6, 6.07) is 10.1. The van der Waals surface area contributed by atoms with Crippen LogP contribution in [0.1, 0.15) is 11.4 Å². The number of rotatable bonds is 2. The molecular formula is C15H13ClN4. The first-order valence-corrected chi connectivity index (χ1v) is 6.64. The van der Waals surface area contributed by atoms with Gasteiger partial charge < -0.3 is 0 Å². The lowest BCUT2D eigenvalue weighted by atomic mass is 10.1.